The van der Waals surface area contributed by atoms with Gasteiger partial charge in [0.25, 0.3) is 57.1 Å². The molecule has 0 aromatic rings. The third-order valence-electron chi connectivity index (χ3n) is 16.3. The molecule has 4 fully saturated rings. The highest BCUT2D eigenvalue weighted by Gasteiger charge is 2.61. The van der Waals surface area contributed by atoms with E-state index in [1.807, 2.05) is 0 Å². The molecule has 0 aromatic heterocycles. The van der Waals surface area contributed by atoms with Gasteiger partial charge in [0.05, 0.1) is 0 Å². The summed E-state index contributed by atoms with van der Waals surface area (Å²) in [5, 5.41) is 0. The standard InChI is InChI=1S/C47H140O24Si26/c1-45-41-74(4)54-79(9)60-84(49-45)34-39-89(17,18)64-92(23,24)67-95(29,30)70-97(53-73-51-72-52-87(13,14)38-36-86-57-77(7)44-76(6)56-81(11)62-86,69-94(27,28)66-91(21,22)63-88(15,16)37-33-83-43-47(3)48-78(8)58-82(12)59-83)71-96(31,32)68-93(25,26)65-90(19,20)40-35-85-50-46(2)42-75(5)55-80(10)61-85/h45-47,74-86H,33-44,72-73H2,1-32H3. The lowest BCUT2D eigenvalue weighted by molar-refractivity contribution is 0.106. The Bertz CT molecular complexity index is 2060. The third-order valence-corrected chi connectivity index (χ3v) is 107. The first-order chi connectivity index (χ1) is 44.1. The molecule has 0 bridgehead atoms. The zero-order valence-electron chi connectivity index (χ0n) is 66.4. The van der Waals surface area contributed by atoms with E-state index in [9.17, 15) is 0 Å². The predicted octanol–water partition coefficient (Wildman–Crippen LogP) is 7.66. The maximum atomic E-state index is 7.65. The summed E-state index contributed by atoms with van der Waals surface area (Å²) in [5.41, 5.74) is 1.15. The van der Waals surface area contributed by atoms with Crippen LogP contribution in [-0.4, -0.2) is 251 Å². The second kappa shape index (κ2) is 40.7. The molecular formula is C47H140O24Si26. The van der Waals surface area contributed by atoms with Crippen LogP contribution in [0.3, 0.4) is 0 Å². The fourth-order valence-electron chi connectivity index (χ4n) is 13.8. The Hall–Kier alpha value is 4.68. The lowest BCUT2D eigenvalue weighted by Gasteiger charge is -2.46. The lowest BCUT2D eigenvalue weighted by atomic mass is 10.5. The van der Waals surface area contributed by atoms with Gasteiger partial charge in [-0.05, 0) is 283 Å². The van der Waals surface area contributed by atoms with Crippen LogP contribution in [0.1, 0.15) is 20.8 Å². The topological polar surface area (TPSA) is 222 Å². The minimum Gasteiger partial charge on any atom is -0.442 e. The molecule has 0 N–H and O–H groups in total. The normalized spacial score (nSPS) is 31.7. The Morgan fingerprint density at radius 1 is 0.309 bits per heavy atom. The zero-order valence-corrected chi connectivity index (χ0v) is 95.3. The van der Waals surface area contributed by atoms with Crippen molar-refractivity contribution in [1.82, 2.24) is 0 Å². The van der Waals surface area contributed by atoms with Crippen molar-refractivity contribution in [3.8, 4) is 0 Å². The first-order valence-electron chi connectivity index (χ1n) is 36.1. The van der Waals surface area contributed by atoms with Crippen molar-refractivity contribution < 1.29 is 99.7 Å². The molecule has 4 heterocycles. The van der Waals surface area contributed by atoms with Crippen molar-refractivity contribution in [2.24, 2.45) is 0 Å². The molecule has 0 spiro atoms. The van der Waals surface area contributed by atoms with Gasteiger partial charge in [0.2, 0.25) is 0 Å². The maximum absolute atomic E-state index is 7.65. The van der Waals surface area contributed by atoms with Crippen LogP contribution in [0.5, 0.6) is 0 Å². The van der Waals surface area contributed by atoms with E-state index in [0.29, 0.717) is 0 Å². The molecule has 0 aromatic carbocycles. The van der Waals surface area contributed by atoms with Gasteiger partial charge in [-0.3, -0.25) is 0 Å². The zero-order chi connectivity index (χ0) is 73.6. The van der Waals surface area contributed by atoms with Crippen LogP contribution in [0.2, 0.25) is 262 Å². The summed E-state index contributed by atoms with van der Waals surface area (Å²) in [6, 6.07) is 10.2. The highest BCUT2D eigenvalue weighted by Crippen LogP contribution is 2.36. The summed E-state index contributed by atoms with van der Waals surface area (Å²) in [5.74, 6) is 0. The van der Waals surface area contributed by atoms with Gasteiger partial charge < -0.3 is 99.7 Å². The van der Waals surface area contributed by atoms with Crippen molar-refractivity contribution in [2.45, 2.75) is 301 Å². The van der Waals surface area contributed by atoms with Gasteiger partial charge in [-0.25, -0.2) is 0 Å². The molecule has 4 saturated heterocycles. The summed E-state index contributed by atoms with van der Waals surface area (Å²) in [6.07, 6.45) is 0.403. The largest absolute Gasteiger partial charge is 0.643 e. The smallest absolute Gasteiger partial charge is 0.442 e. The monoisotopic (exact) mass is 1820 g/mol. The molecule has 0 amide bonds. The van der Waals surface area contributed by atoms with E-state index >= 15 is 0 Å². The van der Waals surface area contributed by atoms with Gasteiger partial charge in [0.1, 0.15) is 0 Å². The SMILES string of the molecule is CC1C[SiH](CC[Si](C)(C)O[Si](C)(C)O[Si](C)(C)O[Si](O[SiH2]O[SiH2]O[Si](C)(C)CC[SiH]2O[SiH](C)C[SiH](C)O[SiH](C)O2)(O[Si](C)(C)O[Si](C)(C)O[Si](C)(C)CC[SiH]2OC(C)C[SiH](C)O[SiH](C)O2)O[Si](C)(C)O[Si](C)(C)O[Si](C)(C)CC[SiH]2OC(C)C[SiH](C)O[SiH](C)O2)O[SiH](C)O[SiH](C)O1. The second-order valence-corrected chi connectivity index (χ2v) is 111. The summed E-state index contributed by atoms with van der Waals surface area (Å²) in [4.78, 5) is 0. The first-order valence-corrected chi connectivity index (χ1v) is 97.1. The minimum atomic E-state index is -4.50. The van der Waals surface area contributed by atoms with E-state index in [4.69, 9.17) is 99.7 Å². The van der Waals surface area contributed by atoms with E-state index in [-0.39, 0.29) is 18.3 Å². The third kappa shape index (κ3) is 39.9. The summed E-state index contributed by atoms with van der Waals surface area (Å²) >= 11 is 0. The summed E-state index contributed by atoms with van der Waals surface area (Å²) in [7, 11) is -58.0. The molecule has 50 heteroatoms. The predicted molar refractivity (Wildman–Crippen MR) is 455 cm³/mol. The molecule has 0 radical (unpaired) electrons. The average molecular weight is 1820 g/mol. The van der Waals surface area contributed by atoms with Gasteiger partial charge in [-0.1, -0.05) is 0 Å². The fourth-order valence-corrected chi connectivity index (χ4v) is 121. The quantitative estimate of drug-likeness (QED) is 0.0434. The van der Waals surface area contributed by atoms with E-state index in [0.717, 1.165) is 72.2 Å². The van der Waals surface area contributed by atoms with Gasteiger partial charge in [0.15, 0.2) is 78.5 Å². The van der Waals surface area contributed by atoms with Crippen molar-refractivity contribution in [1.29, 1.82) is 0 Å². The molecule has 4 aliphatic heterocycles. The van der Waals surface area contributed by atoms with Gasteiger partial charge in [-0.15, -0.1) is 0 Å². The van der Waals surface area contributed by atoms with Crippen LogP contribution in [0.25, 0.3) is 0 Å². The van der Waals surface area contributed by atoms with Crippen LogP contribution in [0, 0.1) is 0 Å². The average Bonchev–Trinajstić information content (AvgIpc) is 0.773. The van der Waals surface area contributed by atoms with Gasteiger partial charge in [-0.2, -0.15) is 0 Å². The number of rotatable bonds is 36. The van der Waals surface area contributed by atoms with Crippen LogP contribution in [-0.2, 0) is 99.7 Å². The van der Waals surface area contributed by atoms with Crippen molar-refractivity contribution in [3.63, 3.8) is 0 Å². The van der Waals surface area contributed by atoms with Crippen LogP contribution in [0.4, 0.5) is 0 Å². The van der Waals surface area contributed by atoms with Crippen molar-refractivity contribution in [2.75, 3.05) is 0 Å². The molecule has 0 saturated carbocycles. The Balaban J connectivity index is 1.71. The number of hydrogen-bond donors (Lipinski definition) is 0. The minimum absolute atomic E-state index is 0.134. The van der Waals surface area contributed by atoms with Crippen molar-refractivity contribution in [3.05, 3.63) is 0 Å². The number of hydrogen-bond acceptors (Lipinski definition) is 24. The molecule has 97 heavy (non-hydrogen) atoms. The summed E-state index contributed by atoms with van der Waals surface area (Å²) < 4.78 is 166. The van der Waals surface area contributed by atoms with Crippen LogP contribution in [0.15, 0.2) is 0 Å². The van der Waals surface area contributed by atoms with Crippen LogP contribution >= 0.6 is 0 Å². The van der Waals surface area contributed by atoms with Crippen LogP contribution < -0.4 is 0 Å². The Labute approximate surface area is 628 Å². The van der Waals surface area contributed by atoms with E-state index in [1.165, 1.54) is 0 Å². The second-order valence-electron chi connectivity index (χ2n) is 32.7. The lowest BCUT2D eigenvalue weighted by Crippen LogP contribution is -2.69. The van der Waals surface area contributed by atoms with E-state index in [1.54, 1.807) is 0 Å². The van der Waals surface area contributed by atoms with E-state index in [2.05, 4.69) is 211 Å². The van der Waals surface area contributed by atoms with Gasteiger partial charge >= 0.3 is 97.5 Å². The molecule has 4 rings (SSSR count). The Morgan fingerprint density at radius 3 is 1.07 bits per heavy atom. The molecule has 16 unspecified atom stereocenters. The summed E-state index contributed by atoms with van der Waals surface area (Å²) in [6.45, 7) is 69.6. The molecule has 4 aliphatic rings. The first kappa shape index (κ1) is 94.1. The highest BCUT2D eigenvalue weighted by atomic mass is 28.6. The fraction of sp³-hybridized carbons (Fsp3) is 1.00. The molecular weight excluding hydrogens is 1680 g/mol. The Kier molecular flexibility index (Phi) is 39.5. The van der Waals surface area contributed by atoms with Gasteiger partial charge in [0, 0.05) is 18.3 Å². The maximum Gasteiger partial charge on any atom is 0.643 e. The molecule has 0 aliphatic carbocycles. The molecule has 16 atom stereocenters. The van der Waals surface area contributed by atoms with Crippen molar-refractivity contribution >= 4 is 233 Å². The molecule has 576 valence electrons. The molecule has 24 nitrogen and oxygen atoms in total. The van der Waals surface area contributed by atoms with E-state index < -0.39 is 233 Å². The Morgan fingerprint density at radius 2 is 0.639 bits per heavy atom. The highest BCUT2D eigenvalue weighted by molar-refractivity contribution is 6.94.